The highest BCUT2D eigenvalue weighted by Gasteiger charge is 2.21. The Balaban J connectivity index is 2.52. The van der Waals surface area contributed by atoms with Gasteiger partial charge in [0.15, 0.2) is 0 Å². The quantitative estimate of drug-likeness (QED) is 0.723. The van der Waals surface area contributed by atoms with Gasteiger partial charge in [0.1, 0.15) is 11.4 Å². The summed E-state index contributed by atoms with van der Waals surface area (Å²) in [6.45, 7) is 11.1. The number of ether oxygens (including phenoxy) is 2. The Bertz CT molecular complexity index is 542. The molecule has 0 aliphatic rings. The lowest BCUT2D eigenvalue weighted by Gasteiger charge is -2.26. The molecule has 136 valence electrons. The van der Waals surface area contributed by atoms with Crippen LogP contribution in [0.15, 0.2) is 22.7 Å². The molecule has 1 aromatic rings. The van der Waals surface area contributed by atoms with Crippen LogP contribution in [-0.4, -0.2) is 31.4 Å². The normalized spacial score (nSPS) is 12.8. The fourth-order valence-electron chi connectivity index (χ4n) is 2.10. The molecule has 6 heteroatoms. The predicted molar refractivity (Wildman–Crippen MR) is 100 cm³/mol. The summed E-state index contributed by atoms with van der Waals surface area (Å²) in [5.41, 5.74) is 0.650. The standard InChI is InChI=1S/C18H29BrN2O3/c1-12(2)15(21-17(22)24-18(3,4)5)11-20-10-13-7-8-16(23-6)14(19)9-13/h7-9,12,15,20H,10-11H2,1-6H3,(H,21,22). The molecule has 5 nitrogen and oxygen atoms in total. The molecule has 0 saturated carbocycles. The second-order valence-electron chi connectivity index (χ2n) is 7.10. The van der Waals surface area contributed by atoms with E-state index >= 15 is 0 Å². The molecule has 0 heterocycles. The van der Waals surface area contributed by atoms with Crippen LogP contribution in [0.3, 0.4) is 0 Å². The van der Waals surface area contributed by atoms with Crippen molar-refractivity contribution in [2.75, 3.05) is 13.7 Å². The third-order valence-electron chi connectivity index (χ3n) is 3.42. The fraction of sp³-hybridized carbons (Fsp3) is 0.611. The number of methoxy groups -OCH3 is 1. The van der Waals surface area contributed by atoms with Crippen molar-refractivity contribution in [3.8, 4) is 5.75 Å². The minimum Gasteiger partial charge on any atom is -0.496 e. The number of carbonyl (C=O) groups is 1. The molecule has 1 unspecified atom stereocenters. The maximum atomic E-state index is 11.9. The third kappa shape index (κ3) is 7.53. The lowest BCUT2D eigenvalue weighted by atomic mass is 10.0. The molecule has 0 aromatic heterocycles. The highest BCUT2D eigenvalue weighted by atomic mass is 79.9. The van der Waals surface area contributed by atoms with E-state index in [1.165, 1.54) is 0 Å². The molecular formula is C18H29BrN2O3. The largest absolute Gasteiger partial charge is 0.496 e. The number of nitrogens with one attached hydrogen (secondary N) is 2. The molecule has 1 aromatic carbocycles. The van der Waals surface area contributed by atoms with Gasteiger partial charge in [-0.2, -0.15) is 0 Å². The molecule has 2 N–H and O–H groups in total. The second kappa shape index (κ2) is 9.28. The van der Waals surface area contributed by atoms with Crippen LogP contribution in [0, 0.1) is 5.92 Å². The summed E-state index contributed by atoms with van der Waals surface area (Å²) in [5, 5.41) is 6.32. The van der Waals surface area contributed by atoms with Gasteiger partial charge in [0.05, 0.1) is 11.6 Å². The molecule has 0 aliphatic carbocycles. The highest BCUT2D eigenvalue weighted by Crippen LogP contribution is 2.25. The number of amides is 1. The Kier molecular flexibility index (Phi) is 8.03. The SMILES string of the molecule is COc1ccc(CNCC(NC(=O)OC(C)(C)C)C(C)C)cc1Br. The Labute approximate surface area is 153 Å². The monoisotopic (exact) mass is 400 g/mol. The van der Waals surface area contributed by atoms with Gasteiger partial charge in [-0.05, 0) is 60.3 Å². The van der Waals surface area contributed by atoms with E-state index in [0.717, 1.165) is 15.8 Å². The number of hydrogen-bond donors (Lipinski definition) is 2. The molecule has 0 spiro atoms. The van der Waals surface area contributed by atoms with Crippen LogP contribution in [0.25, 0.3) is 0 Å². The van der Waals surface area contributed by atoms with E-state index in [1.807, 2.05) is 39.0 Å². The van der Waals surface area contributed by atoms with Crippen molar-refractivity contribution in [2.24, 2.45) is 5.92 Å². The van der Waals surface area contributed by atoms with Crippen molar-refractivity contribution < 1.29 is 14.3 Å². The van der Waals surface area contributed by atoms with Crippen molar-refractivity contribution >= 4 is 22.0 Å². The van der Waals surface area contributed by atoms with Crippen molar-refractivity contribution in [1.29, 1.82) is 0 Å². The minimum atomic E-state index is -0.492. The fourth-order valence-corrected chi connectivity index (χ4v) is 2.69. The lowest BCUT2D eigenvalue weighted by molar-refractivity contribution is 0.0490. The first-order valence-corrected chi connectivity index (χ1v) is 8.94. The van der Waals surface area contributed by atoms with Gasteiger partial charge in [-0.25, -0.2) is 4.79 Å². The summed E-state index contributed by atoms with van der Waals surface area (Å²) in [4.78, 5) is 11.9. The Morgan fingerprint density at radius 2 is 1.96 bits per heavy atom. The van der Waals surface area contributed by atoms with Gasteiger partial charge >= 0.3 is 6.09 Å². The molecule has 0 bridgehead atoms. The number of hydrogen-bond acceptors (Lipinski definition) is 4. The highest BCUT2D eigenvalue weighted by molar-refractivity contribution is 9.10. The van der Waals surface area contributed by atoms with Gasteiger partial charge in [0.25, 0.3) is 0 Å². The summed E-state index contributed by atoms with van der Waals surface area (Å²) < 4.78 is 11.5. The van der Waals surface area contributed by atoms with Crippen LogP contribution in [-0.2, 0) is 11.3 Å². The van der Waals surface area contributed by atoms with Gasteiger partial charge in [0.2, 0.25) is 0 Å². The van der Waals surface area contributed by atoms with E-state index in [4.69, 9.17) is 9.47 Å². The average Bonchev–Trinajstić information content (AvgIpc) is 2.44. The summed E-state index contributed by atoms with van der Waals surface area (Å²) in [5.74, 6) is 1.11. The van der Waals surface area contributed by atoms with E-state index in [0.29, 0.717) is 19.0 Å². The van der Waals surface area contributed by atoms with Crippen LogP contribution >= 0.6 is 15.9 Å². The first-order chi connectivity index (χ1) is 11.1. The van der Waals surface area contributed by atoms with E-state index in [9.17, 15) is 4.79 Å². The van der Waals surface area contributed by atoms with Crippen molar-refractivity contribution in [1.82, 2.24) is 10.6 Å². The molecule has 1 rings (SSSR count). The molecule has 0 aliphatic heterocycles. The first kappa shape index (κ1) is 20.8. The lowest BCUT2D eigenvalue weighted by Crippen LogP contribution is -2.46. The molecule has 1 atom stereocenters. The molecule has 1 amide bonds. The third-order valence-corrected chi connectivity index (χ3v) is 4.04. The van der Waals surface area contributed by atoms with E-state index in [2.05, 4.69) is 40.4 Å². The first-order valence-electron chi connectivity index (χ1n) is 8.15. The van der Waals surface area contributed by atoms with Crippen molar-refractivity contribution in [3.05, 3.63) is 28.2 Å². The van der Waals surface area contributed by atoms with Crippen LogP contribution < -0.4 is 15.4 Å². The van der Waals surface area contributed by atoms with Gasteiger partial charge in [-0.1, -0.05) is 19.9 Å². The number of carbonyl (C=O) groups excluding carboxylic acids is 1. The Morgan fingerprint density at radius 3 is 2.46 bits per heavy atom. The second-order valence-corrected chi connectivity index (χ2v) is 7.95. The number of halogens is 1. The molecule has 0 saturated heterocycles. The average molecular weight is 401 g/mol. The van der Waals surface area contributed by atoms with Crippen LogP contribution in [0.5, 0.6) is 5.75 Å². The number of alkyl carbamates (subject to hydrolysis) is 1. The van der Waals surface area contributed by atoms with Crippen LogP contribution in [0.1, 0.15) is 40.2 Å². The molecular weight excluding hydrogens is 372 g/mol. The number of benzene rings is 1. The van der Waals surface area contributed by atoms with Crippen molar-refractivity contribution in [3.63, 3.8) is 0 Å². The maximum absolute atomic E-state index is 11.9. The zero-order valence-electron chi connectivity index (χ0n) is 15.4. The Hall–Kier alpha value is -1.27. The summed E-state index contributed by atoms with van der Waals surface area (Å²) in [6.07, 6.45) is -0.379. The molecule has 0 fully saturated rings. The smallest absolute Gasteiger partial charge is 0.407 e. The number of rotatable bonds is 7. The van der Waals surface area contributed by atoms with E-state index in [1.54, 1.807) is 7.11 Å². The maximum Gasteiger partial charge on any atom is 0.407 e. The van der Waals surface area contributed by atoms with Gasteiger partial charge < -0.3 is 20.1 Å². The zero-order valence-corrected chi connectivity index (χ0v) is 17.0. The summed E-state index contributed by atoms with van der Waals surface area (Å²) >= 11 is 3.49. The van der Waals surface area contributed by atoms with Crippen molar-refractivity contribution in [2.45, 2.75) is 52.8 Å². The predicted octanol–water partition coefficient (Wildman–Crippen LogP) is 4.10. The van der Waals surface area contributed by atoms with E-state index in [-0.39, 0.29) is 12.1 Å². The minimum absolute atomic E-state index is 0.00143. The van der Waals surface area contributed by atoms with Gasteiger partial charge in [0, 0.05) is 19.1 Å². The molecule has 0 radical (unpaired) electrons. The summed E-state index contributed by atoms with van der Waals surface area (Å²) in [6, 6.07) is 5.97. The van der Waals surface area contributed by atoms with Crippen LogP contribution in [0.2, 0.25) is 0 Å². The topological polar surface area (TPSA) is 59.6 Å². The summed E-state index contributed by atoms with van der Waals surface area (Å²) in [7, 11) is 1.65. The van der Waals surface area contributed by atoms with E-state index < -0.39 is 5.60 Å². The van der Waals surface area contributed by atoms with Gasteiger partial charge in [-0.3, -0.25) is 0 Å². The molecule has 24 heavy (non-hydrogen) atoms. The van der Waals surface area contributed by atoms with Crippen LogP contribution in [0.4, 0.5) is 4.79 Å². The van der Waals surface area contributed by atoms with Gasteiger partial charge in [-0.15, -0.1) is 0 Å². The zero-order chi connectivity index (χ0) is 18.3. The Morgan fingerprint density at radius 1 is 1.29 bits per heavy atom.